The van der Waals surface area contributed by atoms with Gasteiger partial charge in [-0.2, -0.15) is 0 Å². The van der Waals surface area contributed by atoms with Crippen molar-refractivity contribution >= 4 is 5.91 Å². The van der Waals surface area contributed by atoms with E-state index in [2.05, 4.69) is 5.32 Å². The second-order valence-corrected chi connectivity index (χ2v) is 3.77. The van der Waals surface area contributed by atoms with Crippen LogP contribution < -0.4 is 5.32 Å². The number of ether oxygens (including phenoxy) is 1. The third kappa shape index (κ3) is 2.66. The molecule has 0 aliphatic carbocycles. The molecule has 15 heavy (non-hydrogen) atoms. The van der Waals surface area contributed by atoms with Crippen LogP contribution in [0.2, 0.25) is 0 Å². The van der Waals surface area contributed by atoms with Gasteiger partial charge in [0.15, 0.2) is 0 Å². The average Bonchev–Trinajstić information content (AvgIpc) is 2.18. The molecule has 0 saturated carbocycles. The van der Waals surface area contributed by atoms with Crippen molar-refractivity contribution in [3.63, 3.8) is 0 Å². The molecule has 6 heteroatoms. The highest BCUT2D eigenvalue weighted by atomic mass is 16.5. The predicted molar refractivity (Wildman–Crippen MR) is 51.0 cm³/mol. The summed E-state index contributed by atoms with van der Waals surface area (Å²) in [5, 5.41) is 30.6. The van der Waals surface area contributed by atoms with Crippen molar-refractivity contribution in [1.82, 2.24) is 5.32 Å². The normalized spacial score (nSPS) is 41.3. The standard InChI is InChI=1S/C9H17NO5/c1-4-7(10-5(2)12)9(14)8(13)6(3-11)15-4/h4,6-9,11,13-14H,3H2,1-2H3,(H,10,12)/t4-,6+,7-,8+,9+/m0/s1. The fourth-order valence-corrected chi connectivity index (χ4v) is 1.74. The third-order valence-electron chi connectivity index (χ3n) is 2.54. The van der Waals surface area contributed by atoms with Gasteiger partial charge in [-0.15, -0.1) is 0 Å². The highest BCUT2D eigenvalue weighted by molar-refractivity contribution is 5.73. The largest absolute Gasteiger partial charge is 0.394 e. The smallest absolute Gasteiger partial charge is 0.217 e. The highest BCUT2D eigenvalue weighted by Gasteiger charge is 2.42. The quantitative estimate of drug-likeness (QED) is 0.430. The van der Waals surface area contributed by atoms with E-state index in [9.17, 15) is 15.0 Å². The maximum Gasteiger partial charge on any atom is 0.217 e. The molecule has 0 spiro atoms. The molecule has 1 amide bonds. The van der Waals surface area contributed by atoms with Crippen LogP contribution in [0.25, 0.3) is 0 Å². The Bertz CT molecular complexity index is 235. The second-order valence-electron chi connectivity index (χ2n) is 3.77. The van der Waals surface area contributed by atoms with Gasteiger partial charge in [-0.05, 0) is 6.92 Å². The maximum absolute atomic E-state index is 10.9. The van der Waals surface area contributed by atoms with Crippen molar-refractivity contribution in [3.8, 4) is 0 Å². The molecule has 0 unspecified atom stereocenters. The van der Waals surface area contributed by atoms with E-state index in [-0.39, 0.29) is 12.5 Å². The van der Waals surface area contributed by atoms with Crippen LogP contribution in [0.3, 0.4) is 0 Å². The van der Waals surface area contributed by atoms with Crippen LogP contribution in [0.4, 0.5) is 0 Å². The molecule has 6 nitrogen and oxygen atoms in total. The summed E-state index contributed by atoms with van der Waals surface area (Å²) in [4.78, 5) is 10.9. The molecule has 88 valence electrons. The molecule has 1 fully saturated rings. The van der Waals surface area contributed by atoms with E-state index < -0.39 is 30.5 Å². The zero-order valence-electron chi connectivity index (χ0n) is 8.75. The van der Waals surface area contributed by atoms with Crippen LogP contribution in [0.1, 0.15) is 13.8 Å². The molecular weight excluding hydrogens is 202 g/mol. The Kier molecular flexibility index (Phi) is 4.04. The summed E-state index contributed by atoms with van der Waals surface area (Å²) in [5.41, 5.74) is 0. The summed E-state index contributed by atoms with van der Waals surface area (Å²) < 4.78 is 5.26. The molecular formula is C9H17NO5. The first-order valence-electron chi connectivity index (χ1n) is 4.87. The zero-order valence-corrected chi connectivity index (χ0v) is 8.75. The summed E-state index contributed by atoms with van der Waals surface area (Å²) in [6, 6.07) is -0.653. The monoisotopic (exact) mass is 219 g/mol. The molecule has 1 heterocycles. The van der Waals surface area contributed by atoms with Gasteiger partial charge in [0, 0.05) is 6.92 Å². The SMILES string of the molecule is CC(=O)N[C@@H]1[C@@H](O)[C@H](O)[C@@H](CO)O[C@H]1C. The summed E-state index contributed by atoms with van der Waals surface area (Å²) in [7, 11) is 0. The van der Waals surface area contributed by atoms with Gasteiger partial charge in [-0.25, -0.2) is 0 Å². The molecule has 0 radical (unpaired) electrons. The van der Waals surface area contributed by atoms with Gasteiger partial charge < -0.3 is 25.4 Å². The van der Waals surface area contributed by atoms with E-state index in [1.54, 1.807) is 6.92 Å². The number of aliphatic hydroxyl groups is 3. The van der Waals surface area contributed by atoms with Crippen molar-refractivity contribution < 1.29 is 24.9 Å². The number of hydrogen-bond donors (Lipinski definition) is 4. The summed E-state index contributed by atoms with van der Waals surface area (Å²) in [6.45, 7) is 2.62. The van der Waals surface area contributed by atoms with Crippen LogP contribution in [0, 0.1) is 0 Å². The van der Waals surface area contributed by atoms with Gasteiger partial charge in [0.1, 0.15) is 18.3 Å². The average molecular weight is 219 g/mol. The van der Waals surface area contributed by atoms with Gasteiger partial charge in [-0.1, -0.05) is 0 Å². The van der Waals surface area contributed by atoms with E-state index in [0.717, 1.165) is 0 Å². The van der Waals surface area contributed by atoms with Crippen LogP contribution in [0.15, 0.2) is 0 Å². The van der Waals surface area contributed by atoms with Gasteiger partial charge >= 0.3 is 0 Å². The molecule has 1 saturated heterocycles. The number of carbonyl (C=O) groups is 1. The minimum atomic E-state index is -1.19. The van der Waals surface area contributed by atoms with Crippen molar-refractivity contribution in [2.24, 2.45) is 0 Å². The molecule has 1 aliphatic heterocycles. The number of nitrogens with one attached hydrogen (secondary N) is 1. The van der Waals surface area contributed by atoms with Gasteiger partial charge in [0.25, 0.3) is 0 Å². The molecule has 5 atom stereocenters. The topological polar surface area (TPSA) is 99.0 Å². The number of hydrogen-bond acceptors (Lipinski definition) is 5. The molecule has 4 N–H and O–H groups in total. The number of aliphatic hydroxyl groups excluding tert-OH is 3. The van der Waals surface area contributed by atoms with Gasteiger partial charge in [0.2, 0.25) is 5.91 Å². The first-order chi connectivity index (χ1) is 6.97. The summed E-state index contributed by atoms with van der Waals surface area (Å²) in [6.07, 6.45) is -3.58. The number of rotatable bonds is 2. The van der Waals surface area contributed by atoms with Gasteiger partial charge in [0.05, 0.1) is 18.8 Å². The second kappa shape index (κ2) is 4.89. The Labute approximate surface area is 87.9 Å². The minimum absolute atomic E-state index is 0.302. The van der Waals surface area contributed by atoms with Crippen LogP contribution in [-0.2, 0) is 9.53 Å². The van der Waals surface area contributed by atoms with Crippen LogP contribution in [0.5, 0.6) is 0 Å². The lowest BCUT2D eigenvalue weighted by Gasteiger charge is -2.41. The fourth-order valence-electron chi connectivity index (χ4n) is 1.74. The van der Waals surface area contributed by atoms with E-state index in [1.807, 2.05) is 0 Å². The van der Waals surface area contributed by atoms with Crippen molar-refractivity contribution in [2.75, 3.05) is 6.61 Å². The number of amides is 1. The Hall–Kier alpha value is -0.690. The van der Waals surface area contributed by atoms with Crippen molar-refractivity contribution in [3.05, 3.63) is 0 Å². The molecule has 0 aromatic carbocycles. The third-order valence-corrected chi connectivity index (χ3v) is 2.54. The van der Waals surface area contributed by atoms with E-state index in [0.29, 0.717) is 0 Å². The zero-order chi connectivity index (χ0) is 11.6. The maximum atomic E-state index is 10.9. The van der Waals surface area contributed by atoms with Crippen LogP contribution in [-0.4, -0.2) is 58.3 Å². The lowest BCUT2D eigenvalue weighted by Crippen LogP contribution is -2.63. The minimum Gasteiger partial charge on any atom is -0.394 e. The van der Waals surface area contributed by atoms with Gasteiger partial charge in [-0.3, -0.25) is 4.79 Å². The lowest BCUT2D eigenvalue weighted by molar-refractivity contribution is -0.190. The number of carbonyl (C=O) groups excluding carboxylic acids is 1. The molecule has 0 bridgehead atoms. The summed E-state index contributed by atoms with van der Waals surface area (Å²) in [5.74, 6) is -0.302. The van der Waals surface area contributed by atoms with Crippen molar-refractivity contribution in [2.45, 2.75) is 44.3 Å². The molecule has 0 aromatic rings. The highest BCUT2D eigenvalue weighted by Crippen LogP contribution is 2.20. The van der Waals surface area contributed by atoms with E-state index in [4.69, 9.17) is 9.84 Å². The predicted octanol–water partition coefficient (Wildman–Crippen LogP) is -2.01. The van der Waals surface area contributed by atoms with E-state index in [1.165, 1.54) is 6.92 Å². The molecule has 1 rings (SSSR count). The van der Waals surface area contributed by atoms with Crippen molar-refractivity contribution in [1.29, 1.82) is 0 Å². The first-order valence-corrected chi connectivity index (χ1v) is 4.87. The Morgan fingerprint density at radius 2 is 2.00 bits per heavy atom. The van der Waals surface area contributed by atoms with E-state index >= 15 is 0 Å². The Balaban J connectivity index is 2.70. The Morgan fingerprint density at radius 3 is 2.47 bits per heavy atom. The van der Waals surface area contributed by atoms with Crippen LogP contribution >= 0.6 is 0 Å². The first kappa shape index (κ1) is 12.4. The Morgan fingerprint density at radius 1 is 1.40 bits per heavy atom. The fraction of sp³-hybridized carbons (Fsp3) is 0.889. The molecule has 1 aliphatic rings. The summed E-state index contributed by atoms with van der Waals surface area (Å²) >= 11 is 0. The molecule has 0 aromatic heterocycles. The lowest BCUT2D eigenvalue weighted by atomic mass is 9.93.